The zero-order valence-electron chi connectivity index (χ0n) is 31.4. The first-order valence-corrected chi connectivity index (χ1v) is 26.4. The third kappa shape index (κ3) is 13.8. The van der Waals surface area contributed by atoms with E-state index in [2.05, 4.69) is 41.7 Å². The summed E-state index contributed by atoms with van der Waals surface area (Å²) >= 11 is 5.51. The molecule has 0 saturated carbocycles. The van der Waals surface area contributed by atoms with Gasteiger partial charge in [-0.15, -0.1) is 32.1 Å². The van der Waals surface area contributed by atoms with Crippen LogP contribution in [0, 0.1) is 0 Å². The van der Waals surface area contributed by atoms with E-state index < -0.39 is 145 Å². The first-order valence-electron chi connectivity index (χ1n) is 16.7. The van der Waals surface area contributed by atoms with Crippen molar-refractivity contribution in [2.45, 2.75) is 32.4 Å². The van der Waals surface area contributed by atoms with E-state index in [4.69, 9.17) is 16.2 Å². The Labute approximate surface area is 363 Å². The van der Waals surface area contributed by atoms with Gasteiger partial charge in [0.1, 0.15) is 38.3 Å². The van der Waals surface area contributed by atoms with Gasteiger partial charge in [-0.1, -0.05) is 6.07 Å². The van der Waals surface area contributed by atoms with Crippen LogP contribution in [0.1, 0.15) is 12.8 Å². The van der Waals surface area contributed by atoms with Crippen LogP contribution in [-0.4, -0.2) is 116 Å². The van der Waals surface area contributed by atoms with Gasteiger partial charge in [0, 0.05) is 18.4 Å². The second-order valence-electron chi connectivity index (χ2n) is 12.5. The largest absolute Gasteiger partial charge is 0.507 e. The standard InChI is InChI=1S/C31H31ClN6O19S6/c1-33-22-6-4-18-13-20(60(45,46)47)14-26(39)30(18)31(22)38-37-25-16-23(34-29(40)3-2-10-58(41,42)11-8-32)24(17-28(25)62(51,52)53)36-35-21-7-5-19(15-27(21)61(48,49)50)59(43,44)12-9-57-63(54,55)56/h4-7,13-17,39H,1-3,8-12H2,(H,34,40)(H,45,46,47)(H,48,49,50)(H,51,52,53)(H,54,55,56). The molecule has 4 aromatic rings. The molecule has 4 aromatic carbocycles. The van der Waals surface area contributed by atoms with E-state index in [0.717, 1.165) is 18.2 Å². The summed E-state index contributed by atoms with van der Waals surface area (Å²) in [5, 5.41) is 28.0. The van der Waals surface area contributed by atoms with Gasteiger partial charge >= 0.3 is 10.4 Å². The van der Waals surface area contributed by atoms with Gasteiger partial charge in [-0.25, -0.2) is 21.0 Å². The van der Waals surface area contributed by atoms with Gasteiger partial charge in [0.2, 0.25) is 5.91 Å². The van der Waals surface area contributed by atoms with Crippen LogP contribution in [0.25, 0.3) is 10.8 Å². The number of phenolic OH excluding ortho intramolecular Hbond substituents is 1. The molecule has 0 aliphatic carbocycles. The van der Waals surface area contributed by atoms with Crippen molar-refractivity contribution in [3.63, 3.8) is 0 Å². The number of hydrogen-bond donors (Lipinski definition) is 6. The lowest BCUT2D eigenvalue weighted by Gasteiger charge is -2.12. The van der Waals surface area contributed by atoms with E-state index in [1.54, 1.807) is 0 Å². The fraction of sp³-hybridized carbons (Fsp3) is 0.226. The highest BCUT2D eigenvalue weighted by Gasteiger charge is 2.25. The minimum absolute atomic E-state index is 0.0585. The summed E-state index contributed by atoms with van der Waals surface area (Å²) in [5.74, 6) is -3.95. The third-order valence-electron chi connectivity index (χ3n) is 8.04. The maximum Gasteiger partial charge on any atom is 0.397 e. The molecule has 0 aromatic heterocycles. The zero-order valence-corrected chi connectivity index (χ0v) is 37.0. The number of amides is 1. The minimum Gasteiger partial charge on any atom is -0.507 e. The number of hydrogen-bond acceptors (Lipinski definition) is 20. The summed E-state index contributed by atoms with van der Waals surface area (Å²) in [6.45, 7) is 2.26. The normalized spacial score (nSPS) is 13.2. The molecule has 342 valence electrons. The summed E-state index contributed by atoms with van der Waals surface area (Å²) in [4.78, 5) is 13.0. The number of nitrogens with one attached hydrogen (secondary N) is 1. The molecule has 63 heavy (non-hydrogen) atoms. The predicted octanol–water partition coefficient (Wildman–Crippen LogP) is 4.41. The Morgan fingerprint density at radius 1 is 0.667 bits per heavy atom. The highest BCUT2D eigenvalue weighted by atomic mass is 35.5. The minimum atomic E-state index is -5.37. The van der Waals surface area contributed by atoms with Gasteiger partial charge in [-0.2, -0.15) is 33.7 Å². The Morgan fingerprint density at radius 2 is 1.27 bits per heavy atom. The summed E-state index contributed by atoms with van der Waals surface area (Å²) in [5.41, 5.74) is -3.34. The maximum absolute atomic E-state index is 13.1. The number of rotatable bonds is 20. The van der Waals surface area contributed by atoms with Gasteiger partial charge in [-0.3, -0.25) is 28.0 Å². The van der Waals surface area contributed by atoms with Crippen molar-refractivity contribution < 1.29 is 82.8 Å². The molecule has 0 atom stereocenters. The van der Waals surface area contributed by atoms with Gasteiger partial charge in [0.25, 0.3) is 30.4 Å². The Morgan fingerprint density at radius 3 is 1.86 bits per heavy atom. The van der Waals surface area contributed by atoms with Crippen LogP contribution < -0.4 is 5.32 Å². The van der Waals surface area contributed by atoms with E-state index in [-0.39, 0.29) is 34.4 Å². The van der Waals surface area contributed by atoms with Crippen LogP contribution in [-0.2, 0) is 69.4 Å². The molecule has 0 saturated heterocycles. The van der Waals surface area contributed by atoms with Crippen molar-refractivity contribution in [2.75, 3.05) is 35.1 Å². The monoisotopic (exact) mass is 1020 g/mol. The molecule has 0 radical (unpaired) electrons. The van der Waals surface area contributed by atoms with Crippen molar-refractivity contribution in [3.05, 3.63) is 54.6 Å². The van der Waals surface area contributed by atoms with Crippen LogP contribution in [0.3, 0.4) is 0 Å². The zero-order chi connectivity index (χ0) is 47.3. The van der Waals surface area contributed by atoms with Crippen molar-refractivity contribution in [1.29, 1.82) is 0 Å². The number of benzene rings is 4. The summed E-state index contributed by atoms with van der Waals surface area (Å²) < 4.78 is 187. The lowest BCUT2D eigenvalue weighted by Crippen LogP contribution is -2.16. The number of anilines is 1. The van der Waals surface area contributed by atoms with Gasteiger partial charge in [-0.05, 0) is 61.0 Å². The molecule has 0 bridgehead atoms. The first kappa shape index (κ1) is 50.7. The highest BCUT2D eigenvalue weighted by Crippen LogP contribution is 2.44. The van der Waals surface area contributed by atoms with E-state index in [9.17, 15) is 74.1 Å². The maximum atomic E-state index is 13.1. The van der Waals surface area contributed by atoms with Gasteiger partial charge < -0.3 is 10.4 Å². The van der Waals surface area contributed by atoms with Crippen LogP contribution in [0.2, 0.25) is 0 Å². The van der Waals surface area contributed by atoms with Crippen molar-refractivity contribution in [1.82, 2.24) is 0 Å². The summed E-state index contributed by atoms with van der Waals surface area (Å²) in [7, 11) is -28.9. The molecule has 0 heterocycles. The fourth-order valence-corrected chi connectivity index (χ4v) is 10.4. The SMILES string of the molecule is C=Nc1ccc2cc(S(=O)(=O)O)cc(O)c2c1N=Nc1cc(NC(=O)CCCS(=O)(=O)CCCl)c(N=Nc2ccc(S(=O)(=O)CCOS(=O)(=O)O)cc2S(=O)(=O)O)cc1S(=O)(=O)O. The van der Waals surface area contributed by atoms with Crippen molar-refractivity contribution in [3.8, 4) is 5.75 Å². The average molecular weight is 1020 g/mol. The number of fused-ring (bicyclic) bond motifs is 1. The smallest absolute Gasteiger partial charge is 0.397 e. The number of alkyl halides is 1. The van der Waals surface area contributed by atoms with Crippen molar-refractivity contribution >= 4 is 130 Å². The number of azo groups is 2. The Kier molecular flexibility index (Phi) is 15.6. The number of nitrogens with zero attached hydrogens (tertiary/aromatic N) is 5. The average Bonchev–Trinajstić information content (AvgIpc) is 3.14. The van der Waals surface area contributed by atoms with E-state index >= 15 is 0 Å². The second-order valence-corrected chi connectivity index (χ2v) is 22.6. The topological polar surface area (TPSA) is 406 Å². The molecular weight excluding hydrogens is 988 g/mol. The van der Waals surface area contributed by atoms with Crippen molar-refractivity contribution in [2.24, 2.45) is 25.4 Å². The van der Waals surface area contributed by atoms with E-state index in [0.29, 0.717) is 24.3 Å². The number of halogens is 1. The molecule has 0 spiro atoms. The van der Waals surface area contributed by atoms with E-state index in [1.165, 1.54) is 12.1 Å². The number of aliphatic imine (C=N–C) groups is 1. The van der Waals surface area contributed by atoms with Crippen LogP contribution in [0.5, 0.6) is 5.75 Å². The quantitative estimate of drug-likeness (QED) is 0.0309. The molecule has 0 aliphatic rings. The molecule has 32 heteroatoms. The van der Waals surface area contributed by atoms with Crippen LogP contribution in [0.15, 0.2) is 99.6 Å². The molecule has 0 aliphatic heterocycles. The Bertz CT molecular complexity index is 3250. The Hall–Kier alpha value is -4.93. The number of carbonyl (C=O) groups excluding carboxylic acids is 1. The highest BCUT2D eigenvalue weighted by molar-refractivity contribution is 7.92. The Balaban J connectivity index is 1.91. The van der Waals surface area contributed by atoms with Gasteiger partial charge in [0.15, 0.2) is 19.7 Å². The number of phenols is 1. The van der Waals surface area contributed by atoms with E-state index in [1.807, 2.05) is 0 Å². The van der Waals surface area contributed by atoms with Crippen LogP contribution >= 0.6 is 11.6 Å². The molecular formula is C31H31ClN6O19S6. The molecule has 0 unspecified atom stereocenters. The fourth-order valence-electron chi connectivity index (χ4n) is 5.23. The molecule has 4 rings (SSSR count). The molecule has 6 N–H and O–H groups in total. The number of carbonyl (C=O) groups is 1. The third-order valence-corrected chi connectivity index (χ3v) is 14.9. The predicted molar refractivity (Wildman–Crippen MR) is 222 cm³/mol. The molecule has 25 nitrogen and oxygen atoms in total. The lowest BCUT2D eigenvalue weighted by atomic mass is 10.1. The van der Waals surface area contributed by atoms with Gasteiger partial charge in [0.05, 0.1) is 50.4 Å². The molecule has 1 amide bonds. The lowest BCUT2D eigenvalue weighted by molar-refractivity contribution is -0.116. The summed E-state index contributed by atoms with van der Waals surface area (Å²) in [6.07, 6.45) is -0.754. The number of sulfone groups is 2. The molecule has 0 fully saturated rings. The number of aromatic hydroxyl groups is 1. The summed E-state index contributed by atoms with van der Waals surface area (Å²) in [6, 6.07) is 7.19. The second kappa shape index (κ2) is 19.4. The first-order chi connectivity index (χ1) is 29.0. The van der Waals surface area contributed by atoms with Crippen LogP contribution in [0.4, 0.5) is 34.1 Å².